The van der Waals surface area contributed by atoms with Crippen molar-refractivity contribution in [1.29, 1.82) is 0 Å². The van der Waals surface area contributed by atoms with Crippen molar-refractivity contribution in [3.05, 3.63) is 97.1 Å². The minimum Gasteiger partial charge on any atom is -0.493 e. The molecule has 0 saturated heterocycles. The Balaban J connectivity index is 0.00000651. The molecule has 13 rings (SSSR count). The maximum atomic E-state index is 6.72. The Kier molecular flexibility index (Phi) is 14.1. The van der Waals surface area contributed by atoms with Crippen LogP contribution in [0.25, 0.3) is 133 Å². The van der Waals surface area contributed by atoms with Gasteiger partial charge in [-0.3, -0.25) is 0 Å². The predicted molar refractivity (Wildman–Crippen MR) is 313 cm³/mol. The molecule has 0 unspecified atom stereocenters. The molecule has 3 aromatic heterocycles. The van der Waals surface area contributed by atoms with Crippen LogP contribution in [0, 0.1) is 0 Å². The van der Waals surface area contributed by atoms with E-state index in [0.29, 0.717) is 143 Å². The van der Waals surface area contributed by atoms with Crippen molar-refractivity contribution in [3.63, 3.8) is 0 Å². The monoisotopic (exact) mass is 1130 g/mol. The number of rotatable bonds is 16. The summed E-state index contributed by atoms with van der Waals surface area (Å²) in [5.74, 6) is 5.45. The average Bonchev–Trinajstić information content (AvgIpc) is 4.39. The van der Waals surface area contributed by atoms with Gasteiger partial charge in [0.05, 0.1) is 98.4 Å². The molecule has 8 aromatic carbocycles. The third-order valence-corrected chi connectivity index (χ3v) is 14.3. The van der Waals surface area contributed by atoms with Crippen LogP contribution in [0.3, 0.4) is 0 Å². The molecular weight excluding hydrogens is 1070 g/mol. The standard InChI is InChI=1S/C64H56N8O8.Cu/c1-9-73-49-33-25-17-18-26-34(33)50(74-10-2)42-41(49)57-65-58(42)70-60-45-46(54(78-14-6)38-30-22-21-29-37(38)53(45)77-13-5)62(67-60)72-64-48-47(55(79-15-7)39-31-23-24-32-40(39)56(48)80-16-8)63(68-64)71-61-44-43(59(66-61)69-57)51(75-11-3)35-27-19-20-28-36(35)52(44)76-12-4;/h17-32H,9-16H2,1-8H3;/q-2;+2. The van der Waals surface area contributed by atoms with E-state index in [1.807, 2.05) is 152 Å². The summed E-state index contributed by atoms with van der Waals surface area (Å²) in [5.41, 5.74) is 3.29. The van der Waals surface area contributed by atoms with Crippen LogP contribution in [0.1, 0.15) is 55.4 Å². The predicted octanol–water partition coefficient (Wildman–Crippen LogP) is 13.9. The van der Waals surface area contributed by atoms with Gasteiger partial charge in [-0.15, -0.1) is 0 Å². The summed E-state index contributed by atoms with van der Waals surface area (Å²) in [6.45, 7) is 18.3. The molecule has 0 amide bonds. The van der Waals surface area contributed by atoms with E-state index in [1.54, 1.807) is 0 Å². The summed E-state index contributed by atoms with van der Waals surface area (Å²) in [5, 5.41) is 8.69. The van der Waals surface area contributed by atoms with Gasteiger partial charge in [0.1, 0.15) is 46.0 Å². The van der Waals surface area contributed by atoms with Gasteiger partial charge < -0.3 is 67.8 Å². The zero-order valence-corrected chi connectivity index (χ0v) is 47.0. The summed E-state index contributed by atoms with van der Waals surface area (Å²) in [6.07, 6.45) is 0. The minimum absolute atomic E-state index is 0. The molecular formula is C64H56CuN8O8. The van der Waals surface area contributed by atoms with Gasteiger partial charge >= 0.3 is 17.1 Å². The van der Waals surface area contributed by atoms with Crippen LogP contribution in [-0.2, 0) is 17.1 Å². The molecule has 11 aromatic rings. The first-order chi connectivity index (χ1) is 39.4. The van der Waals surface area contributed by atoms with E-state index in [9.17, 15) is 0 Å². The Labute approximate surface area is 476 Å². The van der Waals surface area contributed by atoms with E-state index in [4.69, 9.17) is 77.8 Å². The smallest absolute Gasteiger partial charge is 0.493 e. The van der Waals surface area contributed by atoms with E-state index >= 15 is 0 Å². The number of ether oxygens (including phenoxy) is 8. The molecule has 1 radical (unpaired) electrons. The van der Waals surface area contributed by atoms with Crippen molar-refractivity contribution in [2.45, 2.75) is 55.4 Å². The normalized spacial score (nSPS) is 11.8. The van der Waals surface area contributed by atoms with Crippen LogP contribution < -0.4 is 47.9 Å². The fraction of sp³-hybridized carbons (Fsp3) is 0.250. The van der Waals surface area contributed by atoms with E-state index in [0.717, 1.165) is 43.1 Å². The molecule has 16 nitrogen and oxygen atoms in total. The SMILES string of the molecule is CCOc1c2c(c(OCC)c3ccccc13)-c1nc-2nc2[n-]c(nc3nc(nc4[n-]c(n1)c1c(OCC)c5ccccc5c(OCC)c41)-c1c-3c(OCC)c3ccccc3c1OCC)c1c(OCC)c3ccccc3c(OCC)c21.[Cu+2]. The second-order valence-corrected chi connectivity index (χ2v) is 18.8. The average molecular weight is 1130 g/mol. The molecule has 2 aliphatic rings. The van der Waals surface area contributed by atoms with Crippen LogP contribution in [0.15, 0.2) is 97.1 Å². The molecule has 0 fully saturated rings. The fourth-order valence-corrected chi connectivity index (χ4v) is 11.5. The second kappa shape index (κ2) is 21.6. The summed E-state index contributed by atoms with van der Waals surface area (Å²) >= 11 is 0. The third kappa shape index (κ3) is 8.22. The number of hydrogen-bond donors (Lipinski definition) is 0. The number of nitrogens with zero attached hydrogens (tertiary/aromatic N) is 8. The van der Waals surface area contributed by atoms with Crippen molar-refractivity contribution < 1.29 is 55.0 Å². The van der Waals surface area contributed by atoms with Crippen molar-refractivity contribution >= 4 is 87.2 Å². The molecule has 5 heterocycles. The first-order valence-electron chi connectivity index (χ1n) is 27.5. The van der Waals surface area contributed by atoms with E-state index < -0.39 is 0 Å². The first-order valence-corrected chi connectivity index (χ1v) is 27.5. The van der Waals surface area contributed by atoms with Crippen LogP contribution >= 0.6 is 0 Å². The van der Waals surface area contributed by atoms with E-state index in [-0.39, 0.29) is 63.0 Å². The first kappa shape index (κ1) is 52.8. The van der Waals surface area contributed by atoms with Crippen molar-refractivity contribution in [2.24, 2.45) is 0 Å². The summed E-state index contributed by atoms with van der Waals surface area (Å²) in [7, 11) is 0. The van der Waals surface area contributed by atoms with Crippen molar-refractivity contribution in [2.75, 3.05) is 52.9 Å². The third-order valence-electron chi connectivity index (χ3n) is 14.3. The number of aromatic nitrogens is 8. The Bertz CT molecular complexity index is 3960. The Morgan fingerprint density at radius 1 is 0.259 bits per heavy atom. The molecule has 2 aliphatic heterocycles. The number of fused-ring (bicyclic) bond motifs is 24. The minimum atomic E-state index is 0. The fourth-order valence-electron chi connectivity index (χ4n) is 11.5. The maximum Gasteiger partial charge on any atom is 2.00 e. The van der Waals surface area contributed by atoms with Gasteiger partial charge in [0.15, 0.2) is 0 Å². The van der Waals surface area contributed by atoms with Crippen LogP contribution in [-0.4, -0.2) is 82.8 Å². The molecule has 0 aliphatic carbocycles. The molecule has 411 valence electrons. The maximum absolute atomic E-state index is 6.72. The van der Waals surface area contributed by atoms with Gasteiger partial charge in [-0.05, 0) is 55.4 Å². The topological polar surface area (TPSA) is 179 Å². The van der Waals surface area contributed by atoms with Crippen LogP contribution in [0.2, 0.25) is 0 Å². The van der Waals surface area contributed by atoms with Gasteiger partial charge in [-0.1, -0.05) is 97.1 Å². The van der Waals surface area contributed by atoms with E-state index in [1.165, 1.54) is 0 Å². The largest absolute Gasteiger partial charge is 2.00 e. The van der Waals surface area contributed by atoms with Gasteiger partial charge in [-0.2, -0.15) is 0 Å². The zero-order valence-electron chi connectivity index (χ0n) is 46.0. The summed E-state index contributed by atoms with van der Waals surface area (Å²) < 4.78 is 53.7. The van der Waals surface area contributed by atoms with Crippen LogP contribution in [0.5, 0.6) is 46.0 Å². The summed E-state index contributed by atoms with van der Waals surface area (Å²) in [4.78, 5) is 43.9. The van der Waals surface area contributed by atoms with Crippen LogP contribution in [0.4, 0.5) is 0 Å². The van der Waals surface area contributed by atoms with E-state index in [2.05, 4.69) is 0 Å². The summed E-state index contributed by atoms with van der Waals surface area (Å²) in [6, 6.07) is 32.0. The molecule has 17 heteroatoms. The van der Waals surface area contributed by atoms with Gasteiger partial charge in [0.25, 0.3) is 0 Å². The Morgan fingerprint density at radius 2 is 0.432 bits per heavy atom. The Morgan fingerprint density at radius 3 is 0.617 bits per heavy atom. The quantitative estimate of drug-likeness (QED) is 0.0833. The number of benzene rings is 8. The molecule has 8 bridgehead atoms. The van der Waals surface area contributed by atoms with Gasteiger partial charge in [-0.25, -0.2) is 9.97 Å². The molecule has 0 spiro atoms. The van der Waals surface area contributed by atoms with Gasteiger partial charge in [0, 0.05) is 87.2 Å². The Hall–Kier alpha value is -8.92. The molecule has 0 N–H and O–H groups in total. The van der Waals surface area contributed by atoms with Gasteiger partial charge in [0.2, 0.25) is 0 Å². The second-order valence-electron chi connectivity index (χ2n) is 18.8. The zero-order chi connectivity index (χ0) is 54.8. The van der Waals surface area contributed by atoms with Crippen molar-refractivity contribution in [1.82, 2.24) is 39.9 Å². The van der Waals surface area contributed by atoms with Crippen molar-refractivity contribution in [3.8, 4) is 91.5 Å². The molecule has 81 heavy (non-hydrogen) atoms. The molecule has 0 atom stereocenters. The number of hydrogen-bond acceptors (Lipinski definition) is 14. The molecule has 0 saturated carbocycles.